The maximum Gasteiger partial charge on any atom is 0.191 e. The van der Waals surface area contributed by atoms with Crippen molar-refractivity contribution in [2.45, 2.75) is 33.9 Å². The fourth-order valence-corrected chi connectivity index (χ4v) is 2.22. The van der Waals surface area contributed by atoms with Crippen LogP contribution in [0, 0.1) is 13.8 Å². The first-order valence-corrected chi connectivity index (χ1v) is 7.53. The predicted molar refractivity (Wildman–Crippen MR) is 88.6 cm³/mol. The van der Waals surface area contributed by atoms with E-state index in [1.807, 2.05) is 36.9 Å². The normalized spacial score (nSPS) is 11.5. The first-order valence-electron chi connectivity index (χ1n) is 7.53. The maximum absolute atomic E-state index is 4.65. The second-order valence-electron chi connectivity index (χ2n) is 5.14. The molecule has 0 spiro atoms. The van der Waals surface area contributed by atoms with Crippen LogP contribution in [0.3, 0.4) is 0 Å². The highest BCUT2D eigenvalue weighted by molar-refractivity contribution is 5.79. The Morgan fingerprint density at radius 1 is 1.27 bits per heavy atom. The van der Waals surface area contributed by atoms with E-state index in [0.29, 0.717) is 13.1 Å². The van der Waals surface area contributed by atoms with Crippen molar-refractivity contribution in [1.82, 2.24) is 25.4 Å². The molecular formula is C16H24N6. The number of rotatable bonds is 5. The molecule has 0 bridgehead atoms. The molecule has 2 aromatic heterocycles. The molecule has 0 amide bonds. The van der Waals surface area contributed by atoms with E-state index in [0.717, 1.165) is 29.6 Å². The second kappa shape index (κ2) is 7.59. The lowest BCUT2D eigenvalue weighted by Gasteiger charge is -2.11. The topological polar surface area (TPSA) is 67.1 Å². The van der Waals surface area contributed by atoms with Gasteiger partial charge in [-0.05, 0) is 32.9 Å². The van der Waals surface area contributed by atoms with Crippen molar-refractivity contribution in [2.75, 3.05) is 6.54 Å². The van der Waals surface area contributed by atoms with E-state index >= 15 is 0 Å². The van der Waals surface area contributed by atoms with Gasteiger partial charge in [0.25, 0.3) is 0 Å². The molecule has 6 nitrogen and oxygen atoms in total. The van der Waals surface area contributed by atoms with Gasteiger partial charge in [0.2, 0.25) is 0 Å². The number of pyridine rings is 1. The van der Waals surface area contributed by atoms with Crippen LogP contribution in [0.1, 0.15) is 29.6 Å². The van der Waals surface area contributed by atoms with Crippen LogP contribution in [0.25, 0.3) is 0 Å². The van der Waals surface area contributed by atoms with Gasteiger partial charge in [0.15, 0.2) is 5.96 Å². The van der Waals surface area contributed by atoms with Crippen molar-refractivity contribution in [3.8, 4) is 0 Å². The molecule has 0 aliphatic carbocycles. The van der Waals surface area contributed by atoms with Gasteiger partial charge in [-0.15, -0.1) is 0 Å². The van der Waals surface area contributed by atoms with E-state index < -0.39 is 0 Å². The van der Waals surface area contributed by atoms with Crippen LogP contribution in [0.2, 0.25) is 0 Å². The SMILES string of the molecule is CCNC(=NCc1c(C)nn(C)c1C)NCc1ccccn1. The van der Waals surface area contributed by atoms with Crippen LogP contribution in [-0.2, 0) is 20.1 Å². The second-order valence-corrected chi connectivity index (χ2v) is 5.14. The zero-order valence-corrected chi connectivity index (χ0v) is 13.7. The highest BCUT2D eigenvalue weighted by atomic mass is 15.3. The minimum Gasteiger partial charge on any atom is -0.357 e. The number of nitrogens with one attached hydrogen (secondary N) is 2. The van der Waals surface area contributed by atoms with Gasteiger partial charge in [0, 0.05) is 31.0 Å². The molecule has 118 valence electrons. The number of nitrogens with zero attached hydrogens (tertiary/aromatic N) is 4. The highest BCUT2D eigenvalue weighted by Crippen LogP contribution is 2.12. The Kier molecular flexibility index (Phi) is 5.52. The molecule has 2 aromatic rings. The molecule has 0 aromatic carbocycles. The summed E-state index contributed by atoms with van der Waals surface area (Å²) in [6, 6.07) is 5.89. The van der Waals surface area contributed by atoms with Crippen LogP contribution in [0.4, 0.5) is 0 Å². The fourth-order valence-electron chi connectivity index (χ4n) is 2.22. The molecule has 2 heterocycles. The van der Waals surface area contributed by atoms with Gasteiger partial charge in [0.1, 0.15) is 0 Å². The van der Waals surface area contributed by atoms with E-state index in [1.54, 1.807) is 6.20 Å². The summed E-state index contributed by atoms with van der Waals surface area (Å²) in [5, 5.41) is 11.0. The summed E-state index contributed by atoms with van der Waals surface area (Å²) in [4.78, 5) is 8.95. The molecule has 6 heteroatoms. The average molecular weight is 300 g/mol. The van der Waals surface area contributed by atoms with E-state index in [2.05, 4.69) is 39.6 Å². The van der Waals surface area contributed by atoms with Gasteiger partial charge in [-0.2, -0.15) is 5.10 Å². The lowest BCUT2D eigenvalue weighted by Crippen LogP contribution is -2.37. The number of aromatic nitrogens is 3. The number of hydrogen-bond donors (Lipinski definition) is 2. The van der Waals surface area contributed by atoms with Crippen molar-refractivity contribution in [3.63, 3.8) is 0 Å². The Hall–Kier alpha value is -2.37. The van der Waals surface area contributed by atoms with Gasteiger partial charge >= 0.3 is 0 Å². The number of aliphatic imine (C=N–C) groups is 1. The summed E-state index contributed by atoms with van der Waals surface area (Å²) in [5.74, 6) is 0.788. The smallest absolute Gasteiger partial charge is 0.191 e. The molecule has 0 saturated carbocycles. The predicted octanol–water partition coefficient (Wildman–Crippen LogP) is 1.69. The van der Waals surface area contributed by atoms with Gasteiger partial charge in [-0.25, -0.2) is 4.99 Å². The molecule has 2 N–H and O–H groups in total. The summed E-state index contributed by atoms with van der Waals surface area (Å²) in [6.45, 7) is 8.23. The summed E-state index contributed by atoms with van der Waals surface area (Å²) in [7, 11) is 1.96. The number of hydrogen-bond acceptors (Lipinski definition) is 3. The van der Waals surface area contributed by atoms with Crippen molar-refractivity contribution in [1.29, 1.82) is 0 Å². The van der Waals surface area contributed by atoms with Crippen LogP contribution < -0.4 is 10.6 Å². The monoisotopic (exact) mass is 300 g/mol. The van der Waals surface area contributed by atoms with E-state index in [9.17, 15) is 0 Å². The molecular weight excluding hydrogens is 276 g/mol. The average Bonchev–Trinajstić information content (AvgIpc) is 2.76. The van der Waals surface area contributed by atoms with Gasteiger partial charge in [-0.3, -0.25) is 9.67 Å². The molecule has 2 rings (SSSR count). The van der Waals surface area contributed by atoms with E-state index in [4.69, 9.17) is 0 Å². The molecule has 0 aliphatic rings. The third-order valence-corrected chi connectivity index (χ3v) is 3.56. The van der Waals surface area contributed by atoms with Crippen molar-refractivity contribution in [2.24, 2.45) is 12.0 Å². The largest absolute Gasteiger partial charge is 0.357 e. The highest BCUT2D eigenvalue weighted by Gasteiger charge is 2.09. The fraction of sp³-hybridized carbons (Fsp3) is 0.438. The molecule has 0 fully saturated rings. The van der Waals surface area contributed by atoms with Crippen molar-refractivity contribution >= 4 is 5.96 Å². The van der Waals surface area contributed by atoms with Crippen LogP contribution in [0.5, 0.6) is 0 Å². The van der Waals surface area contributed by atoms with Gasteiger partial charge in [-0.1, -0.05) is 6.07 Å². The van der Waals surface area contributed by atoms with Crippen LogP contribution in [0.15, 0.2) is 29.4 Å². The first kappa shape index (κ1) is 16.0. The Balaban J connectivity index is 2.03. The molecule has 0 radical (unpaired) electrons. The van der Waals surface area contributed by atoms with Crippen LogP contribution >= 0.6 is 0 Å². The number of aryl methyl sites for hydroxylation is 2. The van der Waals surface area contributed by atoms with E-state index in [-0.39, 0.29) is 0 Å². The number of guanidine groups is 1. The third kappa shape index (κ3) is 4.07. The zero-order chi connectivity index (χ0) is 15.9. The minimum atomic E-state index is 0.614. The zero-order valence-electron chi connectivity index (χ0n) is 13.7. The quantitative estimate of drug-likeness (QED) is 0.651. The minimum absolute atomic E-state index is 0.614. The van der Waals surface area contributed by atoms with Crippen molar-refractivity contribution in [3.05, 3.63) is 47.0 Å². The summed E-state index contributed by atoms with van der Waals surface area (Å²) >= 11 is 0. The molecule has 0 aliphatic heterocycles. The standard InChI is InChI=1S/C16H24N6/c1-5-17-16(19-10-14-8-6-7-9-18-14)20-11-15-12(2)21-22(4)13(15)3/h6-9H,5,10-11H2,1-4H3,(H2,17,19,20). The lowest BCUT2D eigenvalue weighted by atomic mass is 10.2. The Labute approximate surface area is 131 Å². The van der Waals surface area contributed by atoms with Gasteiger partial charge < -0.3 is 10.6 Å². The first-order chi connectivity index (χ1) is 10.6. The summed E-state index contributed by atoms with van der Waals surface area (Å²) in [6.07, 6.45) is 1.80. The van der Waals surface area contributed by atoms with Crippen LogP contribution in [-0.4, -0.2) is 27.3 Å². The lowest BCUT2D eigenvalue weighted by molar-refractivity contribution is 0.730. The Morgan fingerprint density at radius 3 is 2.68 bits per heavy atom. The molecule has 0 atom stereocenters. The Morgan fingerprint density at radius 2 is 2.09 bits per heavy atom. The molecule has 22 heavy (non-hydrogen) atoms. The molecule has 0 unspecified atom stereocenters. The molecule has 0 saturated heterocycles. The van der Waals surface area contributed by atoms with Gasteiger partial charge in [0.05, 0.1) is 24.5 Å². The third-order valence-electron chi connectivity index (χ3n) is 3.56. The van der Waals surface area contributed by atoms with E-state index in [1.165, 1.54) is 5.56 Å². The maximum atomic E-state index is 4.65. The Bertz CT molecular complexity index is 630. The summed E-state index contributed by atoms with van der Waals surface area (Å²) in [5.41, 5.74) is 4.35. The summed E-state index contributed by atoms with van der Waals surface area (Å²) < 4.78 is 1.90. The van der Waals surface area contributed by atoms with Crippen molar-refractivity contribution < 1.29 is 0 Å².